The van der Waals surface area contributed by atoms with Gasteiger partial charge in [0.1, 0.15) is 0 Å². The second-order valence-electron chi connectivity index (χ2n) is 12.5. The van der Waals surface area contributed by atoms with E-state index in [0.717, 1.165) is 32.4 Å². The molecule has 39 heavy (non-hydrogen) atoms. The van der Waals surface area contributed by atoms with E-state index in [-0.39, 0.29) is 42.2 Å². The van der Waals surface area contributed by atoms with E-state index in [1.165, 1.54) is 32.1 Å². The molecular formula is C28H51ClN6O4. The molecule has 10 nitrogen and oxygen atoms in total. The van der Waals surface area contributed by atoms with Crippen molar-refractivity contribution in [3.8, 4) is 0 Å². The predicted molar refractivity (Wildman–Crippen MR) is 151 cm³/mol. The van der Waals surface area contributed by atoms with Crippen LogP contribution in [-0.2, 0) is 14.3 Å². The van der Waals surface area contributed by atoms with Gasteiger partial charge in [0.25, 0.3) is 0 Å². The minimum atomic E-state index is -0.586. The summed E-state index contributed by atoms with van der Waals surface area (Å²) in [6, 6.07) is 0.618. The van der Waals surface area contributed by atoms with Crippen molar-refractivity contribution in [3.63, 3.8) is 0 Å². The smallest absolute Gasteiger partial charge is 0.237 e. The van der Waals surface area contributed by atoms with Crippen molar-refractivity contribution < 1.29 is 19.4 Å². The fourth-order valence-corrected chi connectivity index (χ4v) is 7.80. The first-order valence-electron chi connectivity index (χ1n) is 15.5. The van der Waals surface area contributed by atoms with Gasteiger partial charge >= 0.3 is 0 Å². The third-order valence-electron chi connectivity index (χ3n) is 9.71. The van der Waals surface area contributed by atoms with Crippen molar-refractivity contribution >= 4 is 17.5 Å². The summed E-state index contributed by atoms with van der Waals surface area (Å²) in [6.07, 6.45) is 9.89. The van der Waals surface area contributed by atoms with Crippen LogP contribution in [0.15, 0.2) is 0 Å². The fourth-order valence-electron chi connectivity index (χ4n) is 7.27. The van der Waals surface area contributed by atoms with Gasteiger partial charge < -0.3 is 24.8 Å². The number of nitrogens with one attached hydrogen (secondary N) is 5. The summed E-state index contributed by atoms with van der Waals surface area (Å²) in [5, 5.41) is 27.4. The molecule has 0 aromatic carbocycles. The molecule has 2 aliphatic carbocycles. The van der Waals surface area contributed by atoms with Crippen molar-refractivity contribution in [2.75, 3.05) is 46.2 Å². The van der Waals surface area contributed by atoms with E-state index < -0.39 is 6.10 Å². The molecule has 5 fully saturated rings. The van der Waals surface area contributed by atoms with Crippen molar-refractivity contribution in [2.24, 2.45) is 11.8 Å². The molecule has 0 bridgehead atoms. The van der Waals surface area contributed by atoms with Gasteiger partial charge in [0.2, 0.25) is 5.91 Å². The Labute approximate surface area is 239 Å². The van der Waals surface area contributed by atoms with Crippen molar-refractivity contribution in [3.05, 3.63) is 0 Å². The topological polar surface area (TPSA) is 119 Å². The van der Waals surface area contributed by atoms with E-state index in [4.69, 9.17) is 21.1 Å². The molecule has 0 aromatic rings. The summed E-state index contributed by atoms with van der Waals surface area (Å²) >= 11 is 6.94. The lowest BCUT2D eigenvalue weighted by molar-refractivity contribution is -0.124. The number of nitrogens with zero attached hydrogens (tertiary/aromatic N) is 1. The van der Waals surface area contributed by atoms with Gasteiger partial charge in [-0.1, -0.05) is 19.3 Å². The van der Waals surface area contributed by atoms with Gasteiger partial charge in [0, 0.05) is 44.8 Å². The zero-order valence-electron chi connectivity index (χ0n) is 23.6. The zero-order valence-corrected chi connectivity index (χ0v) is 24.3. The Morgan fingerprint density at radius 1 is 1.15 bits per heavy atom. The molecule has 0 spiro atoms. The monoisotopic (exact) mass is 570 g/mol. The third kappa shape index (κ3) is 8.26. The molecule has 5 rings (SSSR count). The number of fused-ring (bicyclic) bond motifs is 1. The molecule has 3 heterocycles. The van der Waals surface area contributed by atoms with E-state index in [1.807, 2.05) is 0 Å². The Kier molecular flexibility index (Phi) is 11.2. The second-order valence-corrected chi connectivity index (χ2v) is 13.0. The maximum atomic E-state index is 12.9. The minimum absolute atomic E-state index is 0.0219. The van der Waals surface area contributed by atoms with Crippen LogP contribution in [0.4, 0.5) is 0 Å². The standard InChI is InChI=1S/C28H51ClN6O4/c1-18-25(39-17-33-18)15-38-24-8-7-19-13-35(10-9-22(19)27(24)29)14-21(36)12-30-28(37)23-11-26(32-16-31-23)34-20-5-3-2-4-6-20/h18-27,31-34,36H,2-17H2,1H3,(H,30,37)/t18?,19?,21-,22?,23?,24?,25?,26?,27?/m0/s1. The molecule has 5 aliphatic rings. The number of piperidine rings is 1. The van der Waals surface area contributed by atoms with Gasteiger partial charge in [-0.15, -0.1) is 11.6 Å². The van der Waals surface area contributed by atoms with Crippen LogP contribution in [0, 0.1) is 11.8 Å². The summed E-state index contributed by atoms with van der Waals surface area (Å²) in [7, 11) is 0. The number of ether oxygens (including phenoxy) is 2. The second kappa shape index (κ2) is 14.6. The fraction of sp³-hybridized carbons (Fsp3) is 0.964. The average Bonchev–Trinajstić information content (AvgIpc) is 3.36. The largest absolute Gasteiger partial charge is 0.390 e. The maximum Gasteiger partial charge on any atom is 0.237 e. The van der Waals surface area contributed by atoms with E-state index in [2.05, 4.69) is 38.4 Å². The van der Waals surface area contributed by atoms with Gasteiger partial charge in [-0.2, -0.15) is 0 Å². The van der Waals surface area contributed by atoms with Crippen LogP contribution >= 0.6 is 11.6 Å². The van der Waals surface area contributed by atoms with Crippen LogP contribution in [0.1, 0.15) is 64.7 Å². The Morgan fingerprint density at radius 2 is 2.00 bits per heavy atom. The Balaban J connectivity index is 0.988. The summed E-state index contributed by atoms with van der Waals surface area (Å²) < 4.78 is 11.9. The highest BCUT2D eigenvalue weighted by molar-refractivity contribution is 6.21. The minimum Gasteiger partial charge on any atom is -0.390 e. The van der Waals surface area contributed by atoms with Gasteiger partial charge in [-0.05, 0) is 57.4 Å². The number of carbonyl (C=O) groups is 1. The number of aliphatic hydroxyl groups excluding tert-OH is 1. The Bertz CT molecular complexity index is 776. The van der Waals surface area contributed by atoms with Gasteiger partial charge in [0.05, 0.1) is 49.2 Å². The molecule has 1 amide bonds. The Morgan fingerprint density at radius 3 is 2.79 bits per heavy atom. The quantitative estimate of drug-likeness (QED) is 0.211. The van der Waals surface area contributed by atoms with Crippen LogP contribution in [0.25, 0.3) is 0 Å². The number of amides is 1. The number of β-amino-alcohol motifs (C(OH)–C–C–N with tert-alkyl or cyclic N) is 1. The Hall–Kier alpha value is -0.560. The molecule has 224 valence electrons. The van der Waals surface area contributed by atoms with Gasteiger partial charge in [-0.3, -0.25) is 26.1 Å². The molecule has 0 radical (unpaired) electrons. The summed E-state index contributed by atoms with van der Waals surface area (Å²) in [6.45, 7) is 6.64. The molecular weight excluding hydrogens is 520 g/mol. The lowest BCUT2D eigenvalue weighted by Gasteiger charge is -2.46. The van der Waals surface area contributed by atoms with E-state index >= 15 is 0 Å². The van der Waals surface area contributed by atoms with Crippen LogP contribution in [-0.4, -0.2) is 110 Å². The lowest BCUT2D eigenvalue weighted by atomic mass is 9.73. The first-order chi connectivity index (χ1) is 19.0. The highest BCUT2D eigenvalue weighted by Gasteiger charge is 2.42. The number of hydrogen-bond acceptors (Lipinski definition) is 9. The first kappa shape index (κ1) is 29.9. The molecule has 9 atom stereocenters. The molecule has 0 aromatic heterocycles. The average molecular weight is 571 g/mol. The highest BCUT2D eigenvalue weighted by atomic mass is 35.5. The maximum absolute atomic E-state index is 12.9. The van der Waals surface area contributed by atoms with E-state index in [9.17, 15) is 9.90 Å². The van der Waals surface area contributed by atoms with Gasteiger partial charge in [0.15, 0.2) is 0 Å². The molecule has 6 N–H and O–H groups in total. The molecule has 8 unspecified atom stereocenters. The van der Waals surface area contributed by atoms with Crippen LogP contribution in [0.3, 0.4) is 0 Å². The summed E-state index contributed by atoms with van der Waals surface area (Å²) in [5.41, 5.74) is 0. The molecule has 2 saturated carbocycles. The van der Waals surface area contributed by atoms with E-state index in [0.29, 0.717) is 56.9 Å². The summed E-state index contributed by atoms with van der Waals surface area (Å²) in [5.74, 6) is 0.944. The van der Waals surface area contributed by atoms with E-state index in [1.54, 1.807) is 0 Å². The van der Waals surface area contributed by atoms with Crippen LogP contribution < -0.4 is 26.6 Å². The lowest BCUT2D eigenvalue weighted by Crippen LogP contribution is -2.62. The van der Waals surface area contributed by atoms with Crippen molar-refractivity contribution in [2.45, 2.75) is 113 Å². The highest BCUT2D eigenvalue weighted by Crippen LogP contribution is 2.40. The number of carbonyl (C=O) groups excluding carboxylic acids is 1. The van der Waals surface area contributed by atoms with Crippen LogP contribution in [0.5, 0.6) is 0 Å². The first-order valence-corrected chi connectivity index (χ1v) is 15.9. The SMILES string of the molecule is CC1NCOC1COC1CCC2CN(C[C@@H](O)CNC(=O)C3CC(NC4CCCCC4)NCN3)CCC2C1Cl. The number of alkyl halides is 1. The zero-order chi connectivity index (χ0) is 27.2. The van der Waals surface area contributed by atoms with Gasteiger partial charge in [-0.25, -0.2) is 0 Å². The molecule has 11 heteroatoms. The molecule has 3 saturated heterocycles. The summed E-state index contributed by atoms with van der Waals surface area (Å²) in [4.78, 5) is 15.2. The number of aliphatic hydroxyl groups is 1. The number of halogens is 1. The molecule has 3 aliphatic heterocycles. The number of rotatable bonds is 10. The third-order valence-corrected chi connectivity index (χ3v) is 10.3. The number of likely N-dealkylation sites (tertiary alicyclic amines) is 1. The number of hydrogen-bond donors (Lipinski definition) is 6. The predicted octanol–water partition coefficient (Wildman–Crippen LogP) is 0.680. The van der Waals surface area contributed by atoms with Crippen molar-refractivity contribution in [1.82, 2.24) is 31.5 Å². The van der Waals surface area contributed by atoms with Crippen LogP contribution in [0.2, 0.25) is 0 Å². The normalized spacial score (nSPS) is 39.3. The van der Waals surface area contributed by atoms with Crippen molar-refractivity contribution in [1.29, 1.82) is 0 Å².